The van der Waals surface area contributed by atoms with Crippen LogP contribution in [-0.2, 0) is 0 Å². The minimum absolute atomic E-state index is 0.438. The molecular formula is C8H10N4O2. The molecule has 0 atom stereocenters. The molecule has 0 unspecified atom stereocenters. The predicted molar refractivity (Wildman–Crippen MR) is 50.7 cm³/mol. The lowest BCUT2D eigenvalue weighted by Crippen LogP contribution is -2.41. The van der Waals surface area contributed by atoms with Crippen molar-refractivity contribution >= 4 is 23.8 Å². The van der Waals surface area contributed by atoms with Crippen LogP contribution in [0.4, 0.5) is 11.4 Å². The molecule has 0 bridgehead atoms. The Morgan fingerprint density at radius 2 is 1.21 bits per heavy atom. The Morgan fingerprint density at radius 1 is 0.857 bits per heavy atom. The van der Waals surface area contributed by atoms with Gasteiger partial charge in [0.05, 0.1) is 23.8 Å². The lowest BCUT2D eigenvalue weighted by Gasteiger charge is -2.22. The van der Waals surface area contributed by atoms with Gasteiger partial charge in [-0.15, -0.1) is 10.3 Å². The third-order valence-corrected chi connectivity index (χ3v) is 2.01. The van der Waals surface area contributed by atoms with Gasteiger partial charge < -0.3 is 11.5 Å². The van der Waals surface area contributed by atoms with Crippen molar-refractivity contribution in [2.45, 2.75) is 0 Å². The van der Waals surface area contributed by atoms with Crippen molar-refractivity contribution in [2.75, 3.05) is 11.5 Å². The molecular weight excluding hydrogens is 184 g/mol. The molecule has 1 aliphatic heterocycles. The fourth-order valence-electron chi connectivity index (χ4n) is 1.26. The van der Waals surface area contributed by atoms with Crippen LogP contribution >= 0.6 is 0 Å². The van der Waals surface area contributed by atoms with E-state index in [1.165, 1.54) is 12.4 Å². The first kappa shape index (κ1) is 8.67. The Labute approximate surface area is 79.4 Å². The number of nitrogen functional groups attached to an aromatic ring is 2. The van der Waals surface area contributed by atoms with Crippen LogP contribution < -0.4 is 21.9 Å². The van der Waals surface area contributed by atoms with Crippen LogP contribution in [0.15, 0.2) is 12.1 Å². The molecule has 74 valence electrons. The molecule has 0 amide bonds. The van der Waals surface area contributed by atoms with Crippen LogP contribution in [0.2, 0.25) is 0 Å². The molecule has 0 spiro atoms. The first-order valence-electron chi connectivity index (χ1n) is 3.93. The van der Waals surface area contributed by atoms with Gasteiger partial charge in [0.1, 0.15) is 0 Å². The van der Waals surface area contributed by atoms with Gasteiger partial charge in [-0.2, -0.15) is 0 Å². The summed E-state index contributed by atoms with van der Waals surface area (Å²) in [6.45, 7) is 0. The van der Waals surface area contributed by atoms with E-state index < -0.39 is 0 Å². The zero-order valence-corrected chi connectivity index (χ0v) is 7.25. The van der Waals surface area contributed by atoms with Crippen LogP contribution in [0, 0.1) is 0 Å². The first-order valence-corrected chi connectivity index (χ1v) is 3.93. The van der Waals surface area contributed by atoms with Gasteiger partial charge in [-0.05, 0) is 12.1 Å². The average molecular weight is 194 g/mol. The van der Waals surface area contributed by atoms with Crippen molar-refractivity contribution in [3.8, 4) is 0 Å². The molecule has 1 aromatic rings. The molecule has 6 N–H and O–H groups in total. The third kappa shape index (κ3) is 1.22. The van der Waals surface area contributed by atoms with Crippen molar-refractivity contribution in [2.24, 2.45) is 0 Å². The van der Waals surface area contributed by atoms with Crippen molar-refractivity contribution in [3.05, 3.63) is 22.6 Å². The van der Waals surface area contributed by atoms with E-state index in [1.54, 1.807) is 12.1 Å². The lowest BCUT2D eigenvalue weighted by molar-refractivity contribution is -0.287. The second-order valence-corrected chi connectivity index (χ2v) is 3.01. The Bertz CT molecular complexity index is 440. The highest BCUT2D eigenvalue weighted by molar-refractivity contribution is 5.64. The Balaban J connectivity index is 2.74. The van der Waals surface area contributed by atoms with E-state index in [1.807, 2.05) is 0 Å². The predicted octanol–water partition coefficient (Wildman–Crippen LogP) is -1.36. The van der Waals surface area contributed by atoms with Crippen molar-refractivity contribution in [3.63, 3.8) is 0 Å². The number of hydrogen-bond donors (Lipinski definition) is 4. The number of hydrogen-bond acceptors (Lipinski definition) is 6. The quantitative estimate of drug-likeness (QED) is 0.381. The summed E-state index contributed by atoms with van der Waals surface area (Å²) in [5.41, 5.74) is 12.1. The van der Waals surface area contributed by atoms with Gasteiger partial charge in [-0.1, -0.05) is 0 Å². The number of fused-ring (bicyclic) bond motifs is 1. The number of nitrogens with two attached hydrogens (primary N) is 2. The number of rotatable bonds is 0. The molecule has 6 heteroatoms. The summed E-state index contributed by atoms with van der Waals surface area (Å²) in [4.78, 5) is 0. The van der Waals surface area contributed by atoms with E-state index in [0.29, 0.717) is 32.2 Å². The first-order chi connectivity index (χ1) is 6.58. The highest BCUT2D eigenvalue weighted by Crippen LogP contribution is 2.07. The lowest BCUT2D eigenvalue weighted by atomic mass is 10.2. The molecule has 6 nitrogen and oxygen atoms in total. The SMILES string of the molecule is Nc1cc2c(cc1N)=CN(O)N(O)C=2. The normalized spacial score (nSPS) is 14.4. The Hall–Kier alpha value is -1.92. The van der Waals surface area contributed by atoms with Crippen LogP contribution in [-0.4, -0.2) is 20.8 Å². The zero-order valence-electron chi connectivity index (χ0n) is 7.25. The van der Waals surface area contributed by atoms with Gasteiger partial charge in [-0.3, -0.25) is 10.4 Å². The second-order valence-electron chi connectivity index (χ2n) is 3.01. The number of hydrazine groups is 1. The molecule has 0 saturated heterocycles. The standard InChI is InChI=1S/C8H10N4O2/c9-7-1-5-3-11(13)12(14)4-6(5)2-8(7)10/h1-4,13-14H,9-10H2. The highest BCUT2D eigenvalue weighted by atomic mass is 16.7. The van der Waals surface area contributed by atoms with Gasteiger partial charge in [0.15, 0.2) is 0 Å². The van der Waals surface area contributed by atoms with Crippen LogP contribution in [0.3, 0.4) is 0 Å². The summed E-state index contributed by atoms with van der Waals surface area (Å²) in [6, 6.07) is 3.24. The number of anilines is 2. The molecule has 0 radical (unpaired) electrons. The molecule has 0 fully saturated rings. The van der Waals surface area contributed by atoms with E-state index in [-0.39, 0.29) is 0 Å². The summed E-state index contributed by atoms with van der Waals surface area (Å²) < 4.78 is 0. The summed E-state index contributed by atoms with van der Waals surface area (Å²) in [6.07, 6.45) is 2.65. The van der Waals surface area contributed by atoms with E-state index >= 15 is 0 Å². The average Bonchev–Trinajstić information content (AvgIpc) is 2.11. The molecule has 2 rings (SSSR count). The zero-order chi connectivity index (χ0) is 10.3. The number of nitrogens with zero attached hydrogens (tertiary/aromatic N) is 2. The molecule has 0 aromatic heterocycles. The van der Waals surface area contributed by atoms with Gasteiger partial charge in [0.25, 0.3) is 0 Å². The molecule has 1 aromatic carbocycles. The van der Waals surface area contributed by atoms with E-state index in [9.17, 15) is 0 Å². The molecule has 1 heterocycles. The fourth-order valence-corrected chi connectivity index (χ4v) is 1.26. The summed E-state index contributed by atoms with van der Waals surface area (Å²) in [7, 11) is 0. The van der Waals surface area contributed by atoms with Gasteiger partial charge in [0, 0.05) is 10.4 Å². The molecule has 14 heavy (non-hydrogen) atoms. The minimum Gasteiger partial charge on any atom is -0.397 e. The maximum absolute atomic E-state index is 9.14. The molecule has 0 saturated carbocycles. The number of hydroxylamine groups is 2. The van der Waals surface area contributed by atoms with Crippen molar-refractivity contribution in [1.29, 1.82) is 0 Å². The van der Waals surface area contributed by atoms with E-state index in [2.05, 4.69) is 0 Å². The van der Waals surface area contributed by atoms with E-state index in [0.717, 1.165) is 0 Å². The maximum Gasteiger partial charge on any atom is 0.0622 e. The fraction of sp³-hybridized carbons (Fsp3) is 0. The maximum atomic E-state index is 9.14. The Kier molecular flexibility index (Phi) is 1.73. The summed E-state index contributed by atoms with van der Waals surface area (Å²) >= 11 is 0. The third-order valence-electron chi connectivity index (χ3n) is 2.01. The molecule has 1 aliphatic rings. The summed E-state index contributed by atoms with van der Waals surface area (Å²) in [5.74, 6) is 0. The van der Waals surface area contributed by atoms with Crippen LogP contribution in [0.1, 0.15) is 0 Å². The minimum atomic E-state index is 0.438. The van der Waals surface area contributed by atoms with Crippen LogP contribution in [0.5, 0.6) is 0 Å². The number of benzene rings is 1. The largest absolute Gasteiger partial charge is 0.397 e. The van der Waals surface area contributed by atoms with Gasteiger partial charge >= 0.3 is 0 Å². The summed E-state index contributed by atoms with van der Waals surface area (Å²) in [5, 5.41) is 20.7. The topological polar surface area (TPSA) is 99.0 Å². The van der Waals surface area contributed by atoms with Crippen molar-refractivity contribution < 1.29 is 10.4 Å². The monoisotopic (exact) mass is 194 g/mol. The van der Waals surface area contributed by atoms with Crippen LogP contribution in [0.25, 0.3) is 12.4 Å². The molecule has 0 aliphatic carbocycles. The van der Waals surface area contributed by atoms with Gasteiger partial charge in [0.2, 0.25) is 0 Å². The smallest absolute Gasteiger partial charge is 0.0622 e. The Morgan fingerprint density at radius 3 is 1.57 bits per heavy atom. The highest BCUT2D eigenvalue weighted by Gasteiger charge is 2.07. The van der Waals surface area contributed by atoms with Crippen molar-refractivity contribution in [1.82, 2.24) is 10.3 Å². The van der Waals surface area contributed by atoms with E-state index in [4.69, 9.17) is 21.9 Å². The second kappa shape index (κ2) is 2.79. The van der Waals surface area contributed by atoms with Gasteiger partial charge in [-0.25, -0.2) is 0 Å².